The number of carbonyl (C=O) groups excluding carboxylic acids is 1. The zero-order chi connectivity index (χ0) is 14.7. The van der Waals surface area contributed by atoms with E-state index in [2.05, 4.69) is 10.3 Å². The predicted octanol–water partition coefficient (Wildman–Crippen LogP) is 3.30. The molecule has 0 fully saturated rings. The van der Waals surface area contributed by atoms with Crippen LogP contribution in [0.25, 0.3) is 10.9 Å². The summed E-state index contributed by atoms with van der Waals surface area (Å²) in [6.45, 7) is 0.330. The van der Waals surface area contributed by atoms with Crippen molar-refractivity contribution in [3.63, 3.8) is 0 Å². The number of carbonyl (C=O) groups is 1. The lowest BCUT2D eigenvalue weighted by Crippen LogP contribution is -2.23. The summed E-state index contributed by atoms with van der Waals surface area (Å²) in [6, 6.07) is 15.5. The molecular weight excluding hydrogens is 267 g/mol. The maximum absolute atomic E-state index is 13.5. The van der Waals surface area contributed by atoms with Gasteiger partial charge in [-0.3, -0.25) is 9.78 Å². The average molecular weight is 280 g/mol. The first-order chi connectivity index (χ1) is 10.3. The number of amides is 1. The lowest BCUT2D eigenvalue weighted by atomic mass is 10.1. The Hall–Kier alpha value is -2.75. The van der Waals surface area contributed by atoms with Gasteiger partial charge in [0.2, 0.25) is 0 Å². The molecule has 0 unspecified atom stereocenters. The molecular formula is C17H13FN2O. The molecule has 1 N–H and O–H groups in total. The first kappa shape index (κ1) is 13.2. The predicted molar refractivity (Wildman–Crippen MR) is 79.3 cm³/mol. The van der Waals surface area contributed by atoms with Crippen LogP contribution in [0.15, 0.2) is 60.8 Å². The van der Waals surface area contributed by atoms with Crippen molar-refractivity contribution in [2.45, 2.75) is 6.54 Å². The Morgan fingerprint density at radius 2 is 1.81 bits per heavy atom. The van der Waals surface area contributed by atoms with E-state index in [1.54, 1.807) is 18.3 Å². The van der Waals surface area contributed by atoms with Crippen molar-refractivity contribution in [1.82, 2.24) is 10.3 Å². The minimum absolute atomic E-state index is 0.0517. The molecule has 1 aromatic heterocycles. The van der Waals surface area contributed by atoms with Crippen LogP contribution in [0.4, 0.5) is 4.39 Å². The lowest BCUT2D eigenvalue weighted by Gasteiger charge is -2.08. The van der Waals surface area contributed by atoms with Crippen molar-refractivity contribution < 1.29 is 9.18 Å². The molecule has 21 heavy (non-hydrogen) atoms. The van der Waals surface area contributed by atoms with Crippen LogP contribution in [0, 0.1) is 5.82 Å². The summed E-state index contributed by atoms with van der Waals surface area (Å²) in [5, 5.41) is 3.72. The van der Waals surface area contributed by atoms with Crippen LogP contribution < -0.4 is 5.32 Å². The van der Waals surface area contributed by atoms with Crippen molar-refractivity contribution in [2.75, 3.05) is 0 Å². The molecule has 0 saturated heterocycles. The Morgan fingerprint density at radius 1 is 1.05 bits per heavy atom. The molecule has 1 amide bonds. The maximum atomic E-state index is 13.5. The molecule has 0 bridgehead atoms. The van der Waals surface area contributed by atoms with Crippen LogP contribution in [0.5, 0.6) is 0 Å². The minimum atomic E-state index is -0.519. The second kappa shape index (κ2) is 5.71. The fourth-order valence-corrected chi connectivity index (χ4v) is 2.23. The standard InChI is InChI=1S/C17H13FN2O/c18-15-7-3-1-6-14(15)17(21)20-11-12-9-10-19-16-8-4-2-5-13(12)16/h1-10H,11H2,(H,20,21). The zero-order valence-electron chi connectivity index (χ0n) is 11.2. The first-order valence-corrected chi connectivity index (χ1v) is 6.61. The van der Waals surface area contributed by atoms with Gasteiger partial charge in [-0.05, 0) is 29.8 Å². The van der Waals surface area contributed by atoms with Gasteiger partial charge in [0.15, 0.2) is 0 Å². The van der Waals surface area contributed by atoms with Gasteiger partial charge in [-0.15, -0.1) is 0 Å². The van der Waals surface area contributed by atoms with Crippen molar-refractivity contribution in [1.29, 1.82) is 0 Å². The molecule has 0 spiro atoms. The van der Waals surface area contributed by atoms with Crippen molar-refractivity contribution in [2.24, 2.45) is 0 Å². The summed E-state index contributed by atoms with van der Waals surface area (Å²) in [7, 11) is 0. The summed E-state index contributed by atoms with van der Waals surface area (Å²) in [5.74, 6) is -0.941. The largest absolute Gasteiger partial charge is 0.348 e. The second-order valence-corrected chi connectivity index (χ2v) is 4.65. The number of pyridine rings is 1. The van der Waals surface area contributed by atoms with Crippen LogP contribution >= 0.6 is 0 Å². The number of fused-ring (bicyclic) bond motifs is 1. The topological polar surface area (TPSA) is 42.0 Å². The molecule has 104 valence electrons. The van der Waals surface area contributed by atoms with Gasteiger partial charge in [-0.1, -0.05) is 30.3 Å². The monoisotopic (exact) mass is 280 g/mol. The van der Waals surface area contributed by atoms with Gasteiger partial charge in [0.05, 0.1) is 11.1 Å². The minimum Gasteiger partial charge on any atom is -0.348 e. The van der Waals surface area contributed by atoms with E-state index in [4.69, 9.17) is 0 Å². The van der Waals surface area contributed by atoms with Crippen LogP contribution in [-0.2, 0) is 6.54 Å². The average Bonchev–Trinajstić information content (AvgIpc) is 2.53. The Labute approximate surface area is 121 Å². The van der Waals surface area contributed by atoms with Crippen molar-refractivity contribution in [3.05, 3.63) is 77.7 Å². The van der Waals surface area contributed by atoms with E-state index >= 15 is 0 Å². The highest BCUT2D eigenvalue weighted by Gasteiger charge is 2.10. The Bertz CT molecular complexity index is 796. The van der Waals surface area contributed by atoms with E-state index in [9.17, 15) is 9.18 Å². The van der Waals surface area contributed by atoms with Gasteiger partial charge in [-0.2, -0.15) is 0 Å². The van der Waals surface area contributed by atoms with Crippen LogP contribution in [0.3, 0.4) is 0 Å². The third-order valence-electron chi connectivity index (χ3n) is 3.30. The van der Waals surface area contributed by atoms with E-state index in [0.29, 0.717) is 6.54 Å². The Kier molecular flexibility index (Phi) is 3.60. The molecule has 2 aromatic carbocycles. The first-order valence-electron chi connectivity index (χ1n) is 6.61. The fourth-order valence-electron chi connectivity index (χ4n) is 2.23. The molecule has 3 rings (SSSR count). The van der Waals surface area contributed by atoms with E-state index in [1.807, 2.05) is 30.3 Å². The summed E-state index contributed by atoms with van der Waals surface area (Å²) < 4.78 is 13.5. The number of nitrogens with one attached hydrogen (secondary N) is 1. The smallest absolute Gasteiger partial charge is 0.254 e. The SMILES string of the molecule is O=C(NCc1ccnc2ccccc12)c1ccccc1F. The van der Waals surface area contributed by atoms with Crippen molar-refractivity contribution in [3.8, 4) is 0 Å². The highest BCUT2D eigenvalue weighted by atomic mass is 19.1. The van der Waals surface area contributed by atoms with Gasteiger partial charge in [0.1, 0.15) is 5.82 Å². The highest BCUT2D eigenvalue weighted by Crippen LogP contribution is 2.16. The number of benzene rings is 2. The summed E-state index contributed by atoms with van der Waals surface area (Å²) in [6.07, 6.45) is 1.70. The summed E-state index contributed by atoms with van der Waals surface area (Å²) >= 11 is 0. The number of para-hydroxylation sites is 1. The number of nitrogens with zero attached hydrogens (tertiary/aromatic N) is 1. The molecule has 0 aliphatic heterocycles. The normalized spacial score (nSPS) is 10.5. The molecule has 0 saturated carbocycles. The molecule has 3 nitrogen and oxygen atoms in total. The van der Waals surface area contributed by atoms with Crippen LogP contribution in [-0.4, -0.2) is 10.9 Å². The zero-order valence-corrected chi connectivity index (χ0v) is 11.2. The number of rotatable bonds is 3. The van der Waals surface area contributed by atoms with Gasteiger partial charge in [0.25, 0.3) is 5.91 Å². The van der Waals surface area contributed by atoms with Gasteiger partial charge in [-0.25, -0.2) is 4.39 Å². The van der Waals surface area contributed by atoms with Crippen LogP contribution in [0.2, 0.25) is 0 Å². The molecule has 3 aromatic rings. The van der Waals surface area contributed by atoms with E-state index in [0.717, 1.165) is 16.5 Å². The van der Waals surface area contributed by atoms with Gasteiger partial charge in [0, 0.05) is 18.1 Å². The van der Waals surface area contributed by atoms with Crippen LogP contribution in [0.1, 0.15) is 15.9 Å². The van der Waals surface area contributed by atoms with E-state index < -0.39 is 11.7 Å². The molecule has 0 aliphatic rings. The van der Waals surface area contributed by atoms with E-state index in [1.165, 1.54) is 12.1 Å². The van der Waals surface area contributed by atoms with E-state index in [-0.39, 0.29) is 5.56 Å². The number of hydrogen-bond donors (Lipinski definition) is 1. The number of halogens is 1. The third kappa shape index (κ3) is 2.74. The van der Waals surface area contributed by atoms with Gasteiger partial charge < -0.3 is 5.32 Å². The molecule has 0 aliphatic carbocycles. The lowest BCUT2D eigenvalue weighted by molar-refractivity contribution is 0.0947. The molecule has 0 radical (unpaired) electrons. The maximum Gasteiger partial charge on any atom is 0.254 e. The fraction of sp³-hybridized carbons (Fsp3) is 0.0588. The van der Waals surface area contributed by atoms with Gasteiger partial charge >= 0.3 is 0 Å². The third-order valence-corrected chi connectivity index (χ3v) is 3.30. The molecule has 0 atom stereocenters. The van der Waals surface area contributed by atoms with Crippen molar-refractivity contribution >= 4 is 16.8 Å². The molecule has 1 heterocycles. The highest BCUT2D eigenvalue weighted by molar-refractivity contribution is 5.94. The number of hydrogen-bond acceptors (Lipinski definition) is 2. The summed E-state index contributed by atoms with van der Waals surface area (Å²) in [5.41, 5.74) is 1.87. The second-order valence-electron chi connectivity index (χ2n) is 4.65. The quantitative estimate of drug-likeness (QED) is 0.799. The number of aromatic nitrogens is 1. The molecule has 4 heteroatoms. The Morgan fingerprint density at radius 3 is 2.67 bits per heavy atom. The summed E-state index contributed by atoms with van der Waals surface area (Å²) in [4.78, 5) is 16.3. The Balaban J connectivity index is 1.81.